The van der Waals surface area contributed by atoms with E-state index in [1.807, 2.05) is 41.8 Å². The number of aromatic nitrogens is 1. The highest BCUT2D eigenvalue weighted by Gasteiger charge is 2.20. The molecule has 1 aromatic heterocycles. The fourth-order valence-electron chi connectivity index (χ4n) is 3.13. The van der Waals surface area contributed by atoms with Crippen molar-refractivity contribution in [1.82, 2.24) is 4.57 Å². The number of para-hydroxylation sites is 1. The van der Waals surface area contributed by atoms with Crippen LogP contribution < -0.4 is 4.72 Å². The Labute approximate surface area is 169 Å². The molecule has 29 heavy (non-hydrogen) atoms. The monoisotopic (exact) mass is 414 g/mol. The van der Waals surface area contributed by atoms with Gasteiger partial charge in [-0.1, -0.05) is 18.2 Å². The van der Waals surface area contributed by atoms with E-state index in [0.29, 0.717) is 11.3 Å². The second-order valence-electron chi connectivity index (χ2n) is 6.88. The van der Waals surface area contributed by atoms with Crippen molar-refractivity contribution in [2.45, 2.75) is 26.5 Å². The molecule has 1 atom stereocenters. The number of esters is 1. The SMILES string of the molecule is Cc1cc2ccccc2n1CC(=O)OC(C)C(=O)c1ccc(NS(C)(=O)=O)cc1. The van der Waals surface area contributed by atoms with Crippen LogP contribution in [0.15, 0.2) is 54.6 Å². The molecule has 0 fully saturated rings. The first-order valence-electron chi connectivity index (χ1n) is 9.00. The van der Waals surface area contributed by atoms with E-state index < -0.39 is 22.1 Å². The van der Waals surface area contributed by atoms with Crippen LogP contribution in [-0.2, 0) is 26.1 Å². The van der Waals surface area contributed by atoms with E-state index in [1.54, 1.807) is 0 Å². The van der Waals surface area contributed by atoms with Gasteiger partial charge in [0.1, 0.15) is 6.54 Å². The van der Waals surface area contributed by atoms with Crippen LogP contribution >= 0.6 is 0 Å². The summed E-state index contributed by atoms with van der Waals surface area (Å²) in [5, 5.41) is 1.03. The molecule has 0 saturated carbocycles. The summed E-state index contributed by atoms with van der Waals surface area (Å²) in [7, 11) is -3.39. The minimum atomic E-state index is -3.39. The second-order valence-corrected chi connectivity index (χ2v) is 8.63. The lowest BCUT2D eigenvalue weighted by molar-refractivity contribution is -0.146. The van der Waals surface area contributed by atoms with Crippen LogP contribution in [0.1, 0.15) is 23.0 Å². The van der Waals surface area contributed by atoms with E-state index in [0.717, 1.165) is 22.9 Å². The molecule has 0 radical (unpaired) electrons. The number of sulfonamides is 1. The van der Waals surface area contributed by atoms with Crippen molar-refractivity contribution >= 4 is 38.4 Å². The van der Waals surface area contributed by atoms with E-state index in [4.69, 9.17) is 4.74 Å². The van der Waals surface area contributed by atoms with Gasteiger partial charge in [0.2, 0.25) is 15.8 Å². The van der Waals surface area contributed by atoms with E-state index in [2.05, 4.69) is 4.72 Å². The third-order valence-electron chi connectivity index (χ3n) is 4.46. The number of nitrogens with zero attached hydrogens (tertiary/aromatic N) is 1. The van der Waals surface area contributed by atoms with Gasteiger partial charge in [-0.25, -0.2) is 8.42 Å². The van der Waals surface area contributed by atoms with Gasteiger partial charge in [0.15, 0.2) is 6.10 Å². The van der Waals surface area contributed by atoms with Crippen LogP contribution in [0.2, 0.25) is 0 Å². The zero-order valence-electron chi connectivity index (χ0n) is 16.4. The van der Waals surface area contributed by atoms with Gasteiger partial charge in [-0.3, -0.25) is 14.3 Å². The van der Waals surface area contributed by atoms with Gasteiger partial charge in [0.25, 0.3) is 0 Å². The van der Waals surface area contributed by atoms with Crippen molar-refractivity contribution in [2.24, 2.45) is 0 Å². The van der Waals surface area contributed by atoms with Gasteiger partial charge in [-0.2, -0.15) is 0 Å². The second kappa shape index (κ2) is 8.08. The van der Waals surface area contributed by atoms with Crippen LogP contribution in [0.3, 0.4) is 0 Å². The zero-order chi connectivity index (χ0) is 21.2. The molecule has 7 nitrogen and oxygen atoms in total. The van der Waals surface area contributed by atoms with Gasteiger partial charge in [0.05, 0.1) is 6.26 Å². The number of benzene rings is 2. The molecule has 0 aliphatic rings. The summed E-state index contributed by atoms with van der Waals surface area (Å²) in [6, 6.07) is 15.7. The Balaban J connectivity index is 1.66. The van der Waals surface area contributed by atoms with E-state index >= 15 is 0 Å². The lowest BCUT2D eigenvalue weighted by atomic mass is 10.1. The summed E-state index contributed by atoms with van der Waals surface area (Å²) in [6.07, 6.45) is 0.0850. The maximum absolute atomic E-state index is 12.5. The molecule has 0 bridgehead atoms. The number of Topliss-reactive ketones (excluding diaryl/α,β-unsaturated/α-hetero) is 1. The van der Waals surface area contributed by atoms with Crippen molar-refractivity contribution in [2.75, 3.05) is 11.0 Å². The van der Waals surface area contributed by atoms with Crippen LogP contribution in [0.4, 0.5) is 5.69 Å². The summed E-state index contributed by atoms with van der Waals surface area (Å²) < 4.78 is 32.0. The lowest BCUT2D eigenvalue weighted by Gasteiger charge is -2.14. The Hall–Kier alpha value is -3.13. The minimum Gasteiger partial charge on any atom is -0.453 e. The Kier molecular flexibility index (Phi) is 5.74. The Morgan fingerprint density at radius 2 is 1.76 bits per heavy atom. The molecule has 1 unspecified atom stereocenters. The molecule has 0 saturated heterocycles. The number of fused-ring (bicyclic) bond motifs is 1. The average molecular weight is 414 g/mol. The highest BCUT2D eigenvalue weighted by atomic mass is 32.2. The lowest BCUT2D eigenvalue weighted by Crippen LogP contribution is -2.26. The van der Waals surface area contributed by atoms with Crippen LogP contribution in [-0.4, -0.2) is 37.1 Å². The molecule has 0 aliphatic carbocycles. The first kappa shape index (κ1) is 20.6. The normalized spacial score (nSPS) is 12.5. The first-order chi connectivity index (χ1) is 13.6. The number of anilines is 1. The third kappa shape index (κ3) is 5.03. The molecular formula is C21H22N2O5S. The third-order valence-corrected chi connectivity index (χ3v) is 5.06. The number of carbonyl (C=O) groups is 2. The molecule has 152 valence electrons. The van der Waals surface area contributed by atoms with Gasteiger partial charge >= 0.3 is 5.97 Å². The molecule has 1 N–H and O–H groups in total. The molecule has 2 aromatic carbocycles. The zero-order valence-corrected chi connectivity index (χ0v) is 17.2. The van der Waals surface area contributed by atoms with Crippen LogP contribution in [0.25, 0.3) is 10.9 Å². The summed E-state index contributed by atoms with van der Waals surface area (Å²) in [4.78, 5) is 24.9. The highest BCUT2D eigenvalue weighted by molar-refractivity contribution is 7.92. The standard InChI is InChI=1S/C21H22N2O5S/c1-14-12-17-6-4-5-7-19(17)23(14)13-20(24)28-15(2)21(25)16-8-10-18(11-9-16)22-29(3,26)27/h4-12,15,22H,13H2,1-3H3. The van der Waals surface area contributed by atoms with Crippen LogP contribution in [0.5, 0.6) is 0 Å². The van der Waals surface area contributed by atoms with Crippen molar-refractivity contribution in [3.8, 4) is 0 Å². The maximum atomic E-state index is 12.5. The van der Waals surface area contributed by atoms with E-state index in [1.165, 1.54) is 31.2 Å². The number of carbonyl (C=O) groups excluding carboxylic acids is 2. The molecule has 8 heteroatoms. The van der Waals surface area contributed by atoms with Crippen LogP contribution in [0, 0.1) is 6.92 Å². The predicted molar refractivity (Wildman–Crippen MR) is 111 cm³/mol. The topological polar surface area (TPSA) is 94.5 Å². The smallest absolute Gasteiger partial charge is 0.326 e. The maximum Gasteiger partial charge on any atom is 0.326 e. The molecule has 0 spiro atoms. The number of hydrogen-bond acceptors (Lipinski definition) is 5. The Morgan fingerprint density at radius 3 is 2.41 bits per heavy atom. The van der Waals surface area contributed by atoms with E-state index in [9.17, 15) is 18.0 Å². The van der Waals surface area contributed by atoms with Crippen molar-refractivity contribution in [3.05, 3.63) is 65.9 Å². The first-order valence-corrected chi connectivity index (χ1v) is 10.9. The fourth-order valence-corrected chi connectivity index (χ4v) is 3.69. The summed E-state index contributed by atoms with van der Waals surface area (Å²) in [6.45, 7) is 3.44. The highest BCUT2D eigenvalue weighted by Crippen LogP contribution is 2.19. The molecule has 3 aromatic rings. The Morgan fingerprint density at radius 1 is 1.10 bits per heavy atom. The van der Waals surface area contributed by atoms with Gasteiger partial charge < -0.3 is 9.30 Å². The molecule has 1 heterocycles. The minimum absolute atomic E-state index is 0.00812. The van der Waals surface area contributed by atoms with Crippen molar-refractivity contribution in [3.63, 3.8) is 0 Å². The average Bonchev–Trinajstić information content (AvgIpc) is 2.96. The number of ketones is 1. The fraction of sp³-hybridized carbons (Fsp3) is 0.238. The molecule has 0 aliphatic heterocycles. The quantitative estimate of drug-likeness (QED) is 0.473. The number of rotatable bonds is 7. The van der Waals surface area contributed by atoms with Gasteiger partial charge in [-0.15, -0.1) is 0 Å². The largest absolute Gasteiger partial charge is 0.453 e. The molecule has 3 rings (SSSR count). The number of aryl methyl sites for hydroxylation is 1. The molecule has 0 amide bonds. The van der Waals surface area contributed by atoms with E-state index in [-0.39, 0.29) is 12.3 Å². The number of hydrogen-bond donors (Lipinski definition) is 1. The number of nitrogens with one attached hydrogen (secondary N) is 1. The molecular weight excluding hydrogens is 392 g/mol. The van der Waals surface area contributed by atoms with Gasteiger partial charge in [0, 0.05) is 22.5 Å². The van der Waals surface area contributed by atoms with Crippen molar-refractivity contribution < 1.29 is 22.7 Å². The summed E-state index contributed by atoms with van der Waals surface area (Å²) >= 11 is 0. The summed E-state index contributed by atoms with van der Waals surface area (Å²) in [5.41, 5.74) is 2.53. The number of ether oxygens (including phenoxy) is 1. The van der Waals surface area contributed by atoms with Crippen molar-refractivity contribution in [1.29, 1.82) is 0 Å². The predicted octanol–water partition coefficient (Wildman–Crippen LogP) is 3.14. The Bertz CT molecular complexity index is 1160. The summed E-state index contributed by atoms with van der Waals surface area (Å²) in [5.74, 6) is -0.871. The van der Waals surface area contributed by atoms with Gasteiger partial charge in [-0.05, 0) is 55.6 Å².